The van der Waals surface area contributed by atoms with E-state index < -0.39 is 11.7 Å². The van der Waals surface area contributed by atoms with Crippen molar-refractivity contribution in [3.05, 3.63) is 0 Å². The number of ether oxygens (including phenoxy) is 1. The molecule has 0 aliphatic carbocycles. The van der Waals surface area contributed by atoms with Gasteiger partial charge in [-0.3, -0.25) is 5.73 Å². The van der Waals surface area contributed by atoms with Gasteiger partial charge in [0.2, 0.25) is 5.72 Å². The molecule has 0 amide bonds. The molecule has 1 unspecified atom stereocenters. The molecule has 0 aromatic rings. The fourth-order valence-electron chi connectivity index (χ4n) is 2.16. The molecule has 0 saturated carbocycles. The van der Waals surface area contributed by atoms with Crippen LogP contribution in [0, 0.1) is 0 Å². The van der Waals surface area contributed by atoms with Gasteiger partial charge in [-0.15, -0.1) is 0 Å². The number of carbonyl (C=O) groups is 1. The summed E-state index contributed by atoms with van der Waals surface area (Å²) in [5, 5.41) is 9.61. The summed E-state index contributed by atoms with van der Waals surface area (Å²) in [6.45, 7) is 2.23. The zero-order chi connectivity index (χ0) is 14.6. The molecule has 0 radical (unpaired) electrons. The number of aliphatic hydroxyl groups is 1. The highest BCUT2D eigenvalue weighted by atomic mass is 16.5. The van der Waals surface area contributed by atoms with Gasteiger partial charge in [-0.1, -0.05) is 64.7 Å². The van der Waals surface area contributed by atoms with Gasteiger partial charge in [0.1, 0.15) is 0 Å². The number of methoxy groups -OCH3 is 1. The van der Waals surface area contributed by atoms with Gasteiger partial charge in [0.15, 0.2) is 0 Å². The third kappa shape index (κ3) is 11.2. The standard InChI is InChI=1S/C15H31NO3.H3N/c1-3-4-5-6-7-8-9-10-11-12-13-15(16,18)14(17)19-2;/h18H,3-13,16H2,1-2H3;1H3. The van der Waals surface area contributed by atoms with Crippen molar-refractivity contribution in [3.8, 4) is 0 Å². The van der Waals surface area contributed by atoms with E-state index in [-0.39, 0.29) is 12.6 Å². The van der Waals surface area contributed by atoms with E-state index in [1.54, 1.807) is 0 Å². The molecule has 122 valence electrons. The van der Waals surface area contributed by atoms with Gasteiger partial charge in [0.05, 0.1) is 7.11 Å². The van der Waals surface area contributed by atoms with Crippen LogP contribution < -0.4 is 11.9 Å². The molecule has 0 bridgehead atoms. The predicted octanol–water partition coefficient (Wildman–Crippen LogP) is 3.28. The van der Waals surface area contributed by atoms with E-state index in [2.05, 4.69) is 11.7 Å². The van der Waals surface area contributed by atoms with Crippen molar-refractivity contribution in [1.82, 2.24) is 6.15 Å². The Morgan fingerprint density at radius 3 is 1.80 bits per heavy atom. The highest BCUT2D eigenvalue weighted by molar-refractivity contribution is 5.78. The van der Waals surface area contributed by atoms with E-state index in [0.717, 1.165) is 19.3 Å². The Balaban J connectivity index is 0. The van der Waals surface area contributed by atoms with E-state index >= 15 is 0 Å². The summed E-state index contributed by atoms with van der Waals surface area (Å²) in [5.74, 6) is -0.747. The second kappa shape index (κ2) is 13.3. The van der Waals surface area contributed by atoms with Gasteiger partial charge in [-0.25, -0.2) is 4.79 Å². The average Bonchev–Trinajstić information content (AvgIpc) is 2.39. The van der Waals surface area contributed by atoms with Crippen molar-refractivity contribution in [2.75, 3.05) is 7.11 Å². The number of rotatable bonds is 12. The van der Waals surface area contributed by atoms with E-state index in [9.17, 15) is 9.90 Å². The average molecular weight is 290 g/mol. The zero-order valence-electron chi connectivity index (χ0n) is 13.3. The monoisotopic (exact) mass is 290 g/mol. The van der Waals surface area contributed by atoms with Crippen LogP contribution in [0.3, 0.4) is 0 Å². The van der Waals surface area contributed by atoms with E-state index in [4.69, 9.17) is 5.73 Å². The number of unbranched alkanes of at least 4 members (excludes halogenated alkanes) is 9. The van der Waals surface area contributed by atoms with Crippen molar-refractivity contribution >= 4 is 5.97 Å². The molecule has 0 saturated heterocycles. The Bertz CT molecular complexity index is 233. The Labute approximate surface area is 123 Å². The Kier molecular flexibility index (Phi) is 14.4. The number of hydrogen-bond acceptors (Lipinski definition) is 5. The first-order valence-corrected chi connectivity index (χ1v) is 7.64. The molecule has 6 N–H and O–H groups in total. The number of nitrogens with two attached hydrogens (primary N) is 1. The highest BCUT2D eigenvalue weighted by Gasteiger charge is 2.31. The summed E-state index contributed by atoms with van der Waals surface area (Å²) in [7, 11) is 1.23. The first kappa shape index (κ1) is 21.6. The Morgan fingerprint density at radius 2 is 1.40 bits per heavy atom. The smallest absolute Gasteiger partial charge is 0.353 e. The minimum atomic E-state index is -1.81. The summed E-state index contributed by atoms with van der Waals surface area (Å²) in [4.78, 5) is 11.1. The lowest BCUT2D eigenvalue weighted by molar-refractivity contribution is -0.162. The molecule has 20 heavy (non-hydrogen) atoms. The third-order valence-electron chi connectivity index (χ3n) is 3.45. The molecule has 1 atom stereocenters. The van der Waals surface area contributed by atoms with Gasteiger partial charge in [-0.05, 0) is 6.42 Å². The highest BCUT2D eigenvalue weighted by Crippen LogP contribution is 2.14. The van der Waals surface area contributed by atoms with Crippen molar-refractivity contribution in [2.24, 2.45) is 5.73 Å². The molecule has 0 spiro atoms. The number of esters is 1. The van der Waals surface area contributed by atoms with Crippen LogP contribution >= 0.6 is 0 Å². The van der Waals surface area contributed by atoms with Crippen LogP contribution in [0.1, 0.15) is 77.6 Å². The molecule has 5 nitrogen and oxygen atoms in total. The summed E-state index contributed by atoms with van der Waals surface area (Å²) in [5.41, 5.74) is 3.65. The third-order valence-corrected chi connectivity index (χ3v) is 3.45. The van der Waals surface area contributed by atoms with Crippen LogP contribution in [0.15, 0.2) is 0 Å². The van der Waals surface area contributed by atoms with Gasteiger partial charge < -0.3 is 16.0 Å². The maximum atomic E-state index is 11.1. The van der Waals surface area contributed by atoms with Crippen LogP contribution in [0.2, 0.25) is 0 Å². The van der Waals surface area contributed by atoms with Crippen molar-refractivity contribution in [1.29, 1.82) is 0 Å². The second-order valence-electron chi connectivity index (χ2n) is 5.35. The van der Waals surface area contributed by atoms with Gasteiger partial charge >= 0.3 is 5.97 Å². The maximum Gasteiger partial charge on any atom is 0.353 e. The van der Waals surface area contributed by atoms with Crippen molar-refractivity contribution in [2.45, 2.75) is 83.3 Å². The molecule has 0 aromatic carbocycles. The molecule has 0 aliphatic rings. The number of hydrogen-bond donors (Lipinski definition) is 3. The topological polar surface area (TPSA) is 108 Å². The molecular formula is C15H34N2O3. The molecule has 0 fully saturated rings. The van der Waals surface area contributed by atoms with Crippen LogP contribution in [0.25, 0.3) is 0 Å². The van der Waals surface area contributed by atoms with Crippen molar-refractivity contribution in [3.63, 3.8) is 0 Å². The predicted molar refractivity (Wildman–Crippen MR) is 82.6 cm³/mol. The van der Waals surface area contributed by atoms with Gasteiger partial charge in [0, 0.05) is 6.42 Å². The van der Waals surface area contributed by atoms with E-state index in [1.807, 2.05) is 0 Å². The van der Waals surface area contributed by atoms with E-state index in [1.165, 1.54) is 52.1 Å². The van der Waals surface area contributed by atoms with Crippen LogP contribution in [0.5, 0.6) is 0 Å². The van der Waals surface area contributed by atoms with Crippen LogP contribution in [-0.2, 0) is 9.53 Å². The first-order valence-electron chi connectivity index (χ1n) is 7.64. The normalized spacial score (nSPS) is 13.4. The maximum absolute atomic E-state index is 11.1. The first-order chi connectivity index (χ1) is 9.04. The van der Waals surface area contributed by atoms with Crippen LogP contribution in [-0.4, -0.2) is 23.9 Å². The SMILES string of the molecule is CCCCCCCCCCCCC(N)(O)C(=O)OC.N. The Hall–Kier alpha value is -0.650. The van der Waals surface area contributed by atoms with E-state index in [0.29, 0.717) is 0 Å². The Morgan fingerprint density at radius 1 is 1.00 bits per heavy atom. The van der Waals surface area contributed by atoms with Crippen molar-refractivity contribution < 1.29 is 14.6 Å². The quantitative estimate of drug-likeness (QED) is 0.290. The molecular weight excluding hydrogens is 256 g/mol. The summed E-state index contributed by atoms with van der Waals surface area (Å²) >= 11 is 0. The molecule has 0 heterocycles. The largest absolute Gasteiger partial charge is 0.466 e. The summed E-state index contributed by atoms with van der Waals surface area (Å²) < 4.78 is 4.44. The zero-order valence-corrected chi connectivity index (χ0v) is 13.3. The van der Waals surface area contributed by atoms with Gasteiger partial charge in [-0.2, -0.15) is 0 Å². The summed E-state index contributed by atoms with van der Waals surface area (Å²) in [6.07, 6.45) is 12.4. The lowest BCUT2D eigenvalue weighted by atomic mass is 10.0. The molecule has 0 aromatic heterocycles. The molecule has 0 aliphatic heterocycles. The lowest BCUT2D eigenvalue weighted by Gasteiger charge is -2.19. The fourth-order valence-corrected chi connectivity index (χ4v) is 2.16. The fraction of sp³-hybridized carbons (Fsp3) is 0.933. The van der Waals surface area contributed by atoms with Gasteiger partial charge in [0.25, 0.3) is 0 Å². The molecule has 5 heteroatoms. The minimum absolute atomic E-state index is 0. The number of carbonyl (C=O) groups excluding carboxylic acids is 1. The minimum Gasteiger partial charge on any atom is -0.466 e. The molecule has 0 rings (SSSR count). The lowest BCUT2D eigenvalue weighted by Crippen LogP contribution is -2.48. The second-order valence-corrected chi connectivity index (χ2v) is 5.35. The summed E-state index contributed by atoms with van der Waals surface area (Å²) in [6, 6.07) is 0. The van der Waals surface area contributed by atoms with Crippen LogP contribution in [0.4, 0.5) is 0 Å².